The van der Waals surface area contributed by atoms with Crippen LogP contribution in [-0.4, -0.2) is 30.2 Å². The van der Waals surface area contributed by atoms with Gasteiger partial charge in [0.25, 0.3) is 0 Å². The Kier molecular flexibility index (Phi) is 6.11. The SMILES string of the molecule is CC1CN(Cc2ccc(CNCc3ccc(Br)o3)cc2)CC(C)O1. The van der Waals surface area contributed by atoms with E-state index in [0.29, 0.717) is 12.2 Å². The molecule has 1 N–H and O–H groups in total. The molecule has 2 heterocycles. The van der Waals surface area contributed by atoms with Crippen LogP contribution in [0.25, 0.3) is 0 Å². The Labute approximate surface area is 152 Å². The van der Waals surface area contributed by atoms with E-state index in [1.54, 1.807) is 0 Å². The lowest BCUT2D eigenvalue weighted by molar-refractivity contribution is -0.0704. The van der Waals surface area contributed by atoms with Gasteiger partial charge in [-0.3, -0.25) is 4.90 Å². The Bertz CT molecular complexity index is 631. The summed E-state index contributed by atoms with van der Waals surface area (Å²) in [7, 11) is 0. The van der Waals surface area contributed by atoms with Crippen molar-refractivity contribution in [1.29, 1.82) is 0 Å². The van der Waals surface area contributed by atoms with Crippen molar-refractivity contribution in [2.45, 2.75) is 45.7 Å². The first-order valence-corrected chi connectivity index (χ1v) is 9.28. The van der Waals surface area contributed by atoms with Gasteiger partial charge in [-0.25, -0.2) is 0 Å². The summed E-state index contributed by atoms with van der Waals surface area (Å²) >= 11 is 3.32. The molecule has 3 rings (SSSR count). The Balaban J connectivity index is 1.46. The molecule has 1 aromatic carbocycles. The van der Waals surface area contributed by atoms with Gasteiger partial charge in [0, 0.05) is 26.2 Å². The second kappa shape index (κ2) is 8.30. The second-order valence-corrected chi connectivity index (χ2v) is 7.36. The van der Waals surface area contributed by atoms with Crippen LogP contribution in [0.3, 0.4) is 0 Å². The molecule has 1 fully saturated rings. The van der Waals surface area contributed by atoms with Gasteiger partial charge >= 0.3 is 0 Å². The molecule has 24 heavy (non-hydrogen) atoms. The highest BCUT2D eigenvalue weighted by atomic mass is 79.9. The van der Waals surface area contributed by atoms with Gasteiger partial charge < -0.3 is 14.5 Å². The summed E-state index contributed by atoms with van der Waals surface area (Å²) in [6.07, 6.45) is 0.637. The van der Waals surface area contributed by atoms with E-state index in [4.69, 9.17) is 9.15 Å². The monoisotopic (exact) mass is 392 g/mol. The maximum atomic E-state index is 5.79. The molecule has 0 bridgehead atoms. The highest BCUT2D eigenvalue weighted by Crippen LogP contribution is 2.16. The van der Waals surface area contributed by atoms with Crippen LogP contribution in [0.5, 0.6) is 0 Å². The fourth-order valence-electron chi connectivity index (χ4n) is 3.21. The minimum Gasteiger partial charge on any atom is -0.453 e. The minimum absolute atomic E-state index is 0.318. The number of halogens is 1. The number of nitrogens with one attached hydrogen (secondary N) is 1. The average molecular weight is 393 g/mol. The third-order valence-electron chi connectivity index (χ3n) is 4.18. The summed E-state index contributed by atoms with van der Waals surface area (Å²) in [5.74, 6) is 0.939. The summed E-state index contributed by atoms with van der Waals surface area (Å²) in [6, 6.07) is 12.8. The van der Waals surface area contributed by atoms with Gasteiger partial charge in [0.2, 0.25) is 0 Å². The molecule has 2 atom stereocenters. The smallest absolute Gasteiger partial charge is 0.169 e. The fraction of sp³-hybridized carbons (Fsp3) is 0.474. The van der Waals surface area contributed by atoms with E-state index < -0.39 is 0 Å². The van der Waals surface area contributed by atoms with Crippen LogP contribution in [-0.2, 0) is 24.4 Å². The number of furan rings is 1. The van der Waals surface area contributed by atoms with Crippen molar-refractivity contribution in [2.75, 3.05) is 13.1 Å². The maximum absolute atomic E-state index is 5.79. The van der Waals surface area contributed by atoms with Crippen molar-refractivity contribution in [3.8, 4) is 0 Å². The summed E-state index contributed by atoms with van der Waals surface area (Å²) < 4.78 is 12.0. The molecule has 0 aliphatic carbocycles. The van der Waals surface area contributed by atoms with Crippen LogP contribution >= 0.6 is 15.9 Å². The van der Waals surface area contributed by atoms with E-state index in [1.165, 1.54) is 11.1 Å². The zero-order chi connectivity index (χ0) is 16.9. The van der Waals surface area contributed by atoms with Crippen LogP contribution in [0, 0.1) is 0 Å². The highest BCUT2D eigenvalue weighted by molar-refractivity contribution is 9.10. The lowest BCUT2D eigenvalue weighted by Gasteiger charge is -2.35. The van der Waals surface area contributed by atoms with Crippen molar-refractivity contribution in [3.63, 3.8) is 0 Å². The Hall–Kier alpha value is -1.14. The van der Waals surface area contributed by atoms with E-state index in [9.17, 15) is 0 Å². The molecule has 0 spiro atoms. The van der Waals surface area contributed by atoms with E-state index >= 15 is 0 Å². The number of rotatable bonds is 6. The average Bonchev–Trinajstić information content (AvgIpc) is 2.93. The van der Waals surface area contributed by atoms with Crippen LogP contribution in [0.1, 0.15) is 30.7 Å². The maximum Gasteiger partial charge on any atom is 0.169 e. The number of morpholine rings is 1. The summed E-state index contributed by atoms with van der Waals surface area (Å²) in [5, 5.41) is 3.40. The normalized spacial score (nSPS) is 22.0. The highest BCUT2D eigenvalue weighted by Gasteiger charge is 2.21. The Morgan fingerprint density at radius 1 is 1.00 bits per heavy atom. The van der Waals surface area contributed by atoms with Gasteiger partial charge in [-0.1, -0.05) is 24.3 Å². The number of nitrogens with zero attached hydrogens (tertiary/aromatic N) is 1. The van der Waals surface area contributed by atoms with Crippen molar-refractivity contribution in [3.05, 3.63) is 58.0 Å². The Morgan fingerprint density at radius 2 is 1.67 bits per heavy atom. The zero-order valence-corrected chi connectivity index (χ0v) is 15.9. The first-order valence-electron chi connectivity index (χ1n) is 8.49. The molecule has 130 valence electrons. The van der Waals surface area contributed by atoms with Crippen LogP contribution in [0.2, 0.25) is 0 Å². The van der Waals surface area contributed by atoms with E-state index in [1.807, 2.05) is 12.1 Å². The van der Waals surface area contributed by atoms with Crippen molar-refractivity contribution < 1.29 is 9.15 Å². The van der Waals surface area contributed by atoms with Crippen molar-refractivity contribution in [2.24, 2.45) is 0 Å². The van der Waals surface area contributed by atoms with Crippen LogP contribution in [0.15, 0.2) is 45.5 Å². The topological polar surface area (TPSA) is 37.6 Å². The van der Waals surface area contributed by atoms with Gasteiger partial charge in [-0.15, -0.1) is 0 Å². The van der Waals surface area contributed by atoms with Crippen LogP contribution in [0.4, 0.5) is 0 Å². The number of benzene rings is 1. The largest absolute Gasteiger partial charge is 0.453 e. The standard InChI is InChI=1S/C19H25BrN2O2/c1-14-11-22(12-15(2)23-14)13-17-5-3-16(4-6-17)9-21-10-18-7-8-19(20)24-18/h3-8,14-15,21H,9-13H2,1-2H3. The Morgan fingerprint density at radius 3 is 2.29 bits per heavy atom. The zero-order valence-electron chi connectivity index (χ0n) is 14.3. The number of hydrogen-bond acceptors (Lipinski definition) is 4. The molecule has 0 saturated carbocycles. The molecule has 5 heteroatoms. The van der Waals surface area contributed by atoms with Crippen molar-refractivity contribution in [1.82, 2.24) is 10.2 Å². The molecule has 0 amide bonds. The molecule has 1 aliphatic heterocycles. The van der Waals surface area contributed by atoms with Gasteiger partial charge in [0.05, 0.1) is 18.8 Å². The fourth-order valence-corrected chi connectivity index (χ4v) is 3.55. The van der Waals surface area contributed by atoms with E-state index in [-0.39, 0.29) is 0 Å². The lowest BCUT2D eigenvalue weighted by Crippen LogP contribution is -2.44. The van der Waals surface area contributed by atoms with Crippen LogP contribution < -0.4 is 5.32 Å². The molecule has 1 saturated heterocycles. The molecule has 2 aromatic rings. The molecular formula is C19H25BrN2O2. The molecule has 1 aliphatic rings. The van der Waals surface area contributed by atoms with Gasteiger partial charge in [0.1, 0.15) is 5.76 Å². The summed E-state index contributed by atoms with van der Waals surface area (Å²) in [6.45, 7) is 8.87. The second-order valence-electron chi connectivity index (χ2n) is 6.58. The third-order valence-corrected chi connectivity index (χ3v) is 4.61. The summed E-state index contributed by atoms with van der Waals surface area (Å²) in [4.78, 5) is 2.47. The van der Waals surface area contributed by atoms with Gasteiger partial charge in [0.15, 0.2) is 4.67 Å². The summed E-state index contributed by atoms with van der Waals surface area (Å²) in [5.41, 5.74) is 2.64. The van der Waals surface area contributed by atoms with E-state index in [2.05, 4.69) is 64.3 Å². The first kappa shape index (κ1) is 17.7. The molecule has 0 radical (unpaired) electrons. The number of hydrogen-bond donors (Lipinski definition) is 1. The van der Waals surface area contributed by atoms with E-state index in [0.717, 1.165) is 43.2 Å². The minimum atomic E-state index is 0.318. The van der Waals surface area contributed by atoms with Gasteiger partial charge in [-0.2, -0.15) is 0 Å². The van der Waals surface area contributed by atoms with Crippen molar-refractivity contribution >= 4 is 15.9 Å². The van der Waals surface area contributed by atoms with Gasteiger partial charge in [-0.05, 0) is 53.0 Å². The molecule has 4 nitrogen and oxygen atoms in total. The lowest BCUT2D eigenvalue weighted by atomic mass is 10.1. The predicted molar refractivity (Wildman–Crippen MR) is 98.7 cm³/mol. The molecular weight excluding hydrogens is 368 g/mol. The first-order chi connectivity index (χ1) is 11.6. The molecule has 2 unspecified atom stereocenters. The number of ether oxygens (including phenoxy) is 1. The third kappa shape index (κ3) is 5.18. The molecule has 1 aromatic heterocycles. The predicted octanol–water partition coefficient (Wildman–Crippen LogP) is 3.94. The quantitative estimate of drug-likeness (QED) is 0.807.